The van der Waals surface area contributed by atoms with Crippen LogP contribution in [0, 0.1) is 5.41 Å². The van der Waals surface area contributed by atoms with Crippen LogP contribution < -0.4 is 0 Å². The summed E-state index contributed by atoms with van der Waals surface area (Å²) in [7, 11) is 0. The van der Waals surface area contributed by atoms with Crippen molar-refractivity contribution in [3.63, 3.8) is 0 Å². The molecule has 1 atom stereocenters. The molecular formula is C28H24N6O4. The van der Waals surface area contributed by atoms with E-state index in [9.17, 15) is 9.59 Å². The van der Waals surface area contributed by atoms with Crippen LogP contribution in [0.25, 0.3) is 22.2 Å². The van der Waals surface area contributed by atoms with Crippen molar-refractivity contribution in [1.29, 1.82) is 0 Å². The number of esters is 2. The van der Waals surface area contributed by atoms with Crippen LogP contribution in [0.1, 0.15) is 54.3 Å². The van der Waals surface area contributed by atoms with Crippen molar-refractivity contribution < 1.29 is 19.1 Å². The zero-order chi connectivity index (χ0) is 26.4. The number of tetrazole rings is 1. The van der Waals surface area contributed by atoms with E-state index in [0.717, 1.165) is 27.9 Å². The first-order chi connectivity index (χ1) is 18.3. The number of H-pyrrole nitrogens is 2. The first-order valence-electron chi connectivity index (χ1n) is 12.1. The second-order valence-electron chi connectivity index (χ2n) is 10.1. The van der Waals surface area contributed by atoms with Gasteiger partial charge in [0.15, 0.2) is 0 Å². The predicted octanol–water partition coefficient (Wildman–Crippen LogP) is 4.35. The molecule has 0 spiro atoms. The number of ether oxygens (including phenoxy) is 2. The van der Waals surface area contributed by atoms with Crippen LogP contribution in [0.2, 0.25) is 0 Å². The summed E-state index contributed by atoms with van der Waals surface area (Å²) in [5.74, 6) is -0.0281. The van der Waals surface area contributed by atoms with Gasteiger partial charge < -0.3 is 14.5 Å². The van der Waals surface area contributed by atoms with Crippen LogP contribution >= 0.6 is 0 Å². The van der Waals surface area contributed by atoms with Gasteiger partial charge in [0, 0.05) is 5.57 Å². The normalized spacial score (nSPS) is 16.6. The van der Waals surface area contributed by atoms with Crippen molar-refractivity contribution in [2.24, 2.45) is 5.41 Å². The first kappa shape index (κ1) is 23.5. The molecule has 2 aliphatic carbocycles. The van der Waals surface area contributed by atoms with Crippen LogP contribution in [0.3, 0.4) is 0 Å². The van der Waals surface area contributed by atoms with E-state index in [1.54, 1.807) is 32.9 Å². The van der Waals surface area contributed by atoms with Crippen LogP contribution in [0.5, 0.6) is 0 Å². The second kappa shape index (κ2) is 8.91. The smallest absolute Gasteiger partial charge is 0.343 e. The van der Waals surface area contributed by atoms with E-state index in [4.69, 9.17) is 14.5 Å². The van der Waals surface area contributed by atoms with Gasteiger partial charge in [0.05, 0.1) is 22.4 Å². The highest BCUT2D eigenvalue weighted by Crippen LogP contribution is 2.58. The Morgan fingerprint density at radius 1 is 1.00 bits per heavy atom. The van der Waals surface area contributed by atoms with Crippen LogP contribution in [0.15, 0.2) is 71.8 Å². The van der Waals surface area contributed by atoms with E-state index in [1.807, 2.05) is 24.3 Å². The highest BCUT2D eigenvalue weighted by atomic mass is 16.7. The monoisotopic (exact) mass is 508 g/mol. The topological polar surface area (TPSA) is 136 Å². The van der Waals surface area contributed by atoms with Crippen molar-refractivity contribution in [2.45, 2.75) is 26.7 Å². The van der Waals surface area contributed by atoms with Crippen LogP contribution in [-0.4, -0.2) is 49.3 Å². The van der Waals surface area contributed by atoms with Crippen molar-refractivity contribution >= 4 is 34.1 Å². The summed E-state index contributed by atoms with van der Waals surface area (Å²) in [4.78, 5) is 33.1. The first-order valence-corrected chi connectivity index (χ1v) is 12.1. The Kier molecular flexibility index (Phi) is 5.52. The van der Waals surface area contributed by atoms with Gasteiger partial charge in [-0.15, -0.1) is 10.2 Å². The molecular weight excluding hydrogens is 484 g/mol. The fraction of sp³-hybridized carbons (Fsp3) is 0.214. The molecule has 0 aliphatic heterocycles. The Morgan fingerprint density at radius 2 is 1.82 bits per heavy atom. The number of nitrogens with zero attached hydrogens (tertiary/aromatic N) is 4. The third kappa shape index (κ3) is 3.90. The molecule has 0 saturated carbocycles. The van der Waals surface area contributed by atoms with Gasteiger partial charge >= 0.3 is 11.9 Å². The fourth-order valence-corrected chi connectivity index (χ4v) is 4.71. The van der Waals surface area contributed by atoms with Gasteiger partial charge in [-0.2, -0.15) is 5.21 Å². The summed E-state index contributed by atoms with van der Waals surface area (Å²) < 4.78 is 10.3. The number of fused-ring (bicyclic) bond motifs is 3. The Bertz CT molecular complexity index is 1660. The van der Waals surface area contributed by atoms with E-state index in [-0.39, 0.29) is 11.5 Å². The quantitative estimate of drug-likeness (QED) is 0.290. The largest absolute Gasteiger partial charge is 0.427 e. The van der Waals surface area contributed by atoms with Gasteiger partial charge in [-0.1, -0.05) is 48.6 Å². The molecule has 6 rings (SSSR count). The molecule has 2 bridgehead atoms. The molecule has 2 heterocycles. The maximum absolute atomic E-state index is 12.9. The van der Waals surface area contributed by atoms with Gasteiger partial charge in [0.1, 0.15) is 11.3 Å². The molecule has 10 nitrogen and oxygen atoms in total. The van der Waals surface area contributed by atoms with Gasteiger partial charge in [0.2, 0.25) is 12.6 Å². The third-order valence-electron chi connectivity index (χ3n) is 6.55. The second-order valence-corrected chi connectivity index (χ2v) is 10.1. The number of aromatic nitrogens is 6. The zero-order valence-corrected chi connectivity index (χ0v) is 21.0. The lowest BCUT2D eigenvalue weighted by Gasteiger charge is -2.38. The van der Waals surface area contributed by atoms with Gasteiger partial charge in [-0.25, -0.2) is 9.78 Å². The number of carbonyl (C=O) groups excluding carboxylic acids is 2. The number of aromatic amines is 2. The highest BCUT2D eigenvalue weighted by molar-refractivity contribution is 6.07. The number of hydrogen-bond donors (Lipinski definition) is 2. The molecule has 2 aromatic heterocycles. The Labute approximate surface area is 217 Å². The number of benzene rings is 2. The average molecular weight is 509 g/mol. The number of imidazole rings is 1. The van der Waals surface area contributed by atoms with E-state index >= 15 is 0 Å². The minimum atomic E-state index is -0.693. The zero-order valence-electron chi connectivity index (χ0n) is 21.0. The molecule has 0 radical (unpaired) electrons. The number of carbonyl (C=O) groups is 2. The molecule has 4 aromatic rings. The number of hydrogen-bond acceptors (Lipinski definition) is 8. The molecule has 0 fully saturated rings. The summed E-state index contributed by atoms with van der Waals surface area (Å²) in [6, 6.07) is 15.3. The summed E-state index contributed by atoms with van der Waals surface area (Å²) in [6.07, 6.45) is 4.14. The molecule has 10 heteroatoms. The summed E-state index contributed by atoms with van der Waals surface area (Å²) in [6.45, 7) is 4.72. The number of para-hydroxylation sites is 1. The Hall–Kier alpha value is -4.86. The third-order valence-corrected chi connectivity index (χ3v) is 6.55. The maximum atomic E-state index is 12.9. The standard InChI is InChI=1S/C28H24N6O4/c1-28(2,3)27(36)38-14-37-26(35)18-10-7-11-19-23(18)30-24(29-19)21-17-13-12-16(15-8-5-4-6-9-15)20(21)22(17)25-31-33-34-32-25/h4-13,21H,14H2,1-3H3,(H,29,30)(H,31,32,33,34). The van der Waals surface area contributed by atoms with E-state index in [1.165, 1.54) is 0 Å². The van der Waals surface area contributed by atoms with Gasteiger partial charge in [-0.05, 0) is 60.4 Å². The molecule has 0 amide bonds. The van der Waals surface area contributed by atoms with Gasteiger partial charge in [-0.3, -0.25) is 4.79 Å². The number of allylic oxidation sites excluding steroid dienone is 6. The van der Waals surface area contributed by atoms with Crippen LogP contribution in [0.4, 0.5) is 0 Å². The molecule has 1 unspecified atom stereocenters. The van der Waals surface area contributed by atoms with E-state index < -0.39 is 24.1 Å². The van der Waals surface area contributed by atoms with E-state index in [0.29, 0.717) is 22.7 Å². The Morgan fingerprint density at radius 3 is 2.55 bits per heavy atom. The lowest BCUT2D eigenvalue weighted by atomic mass is 9.64. The van der Waals surface area contributed by atoms with Gasteiger partial charge in [0.25, 0.3) is 0 Å². The minimum absolute atomic E-state index is 0.160. The Balaban J connectivity index is 1.33. The minimum Gasteiger partial charge on any atom is -0.427 e. The average Bonchev–Trinajstić information content (AvgIpc) is 3.58. The SMILES string of the molecule is CC(C)(C)C(=O)OCOC(=O)c1cccc2[nH]c(C3c4ccc(-c5ccccc5)c3c4-c3nn[nH]n3)nc12. The van der Waals surface area contributed by atoms with Crippen molar-refractivity contribution in [3.8, 4) is 0 Å². The highest BCUT2D eigenvalue weighted by Gasteiger charge is 2.44. The number of nitrogens with one attached hydrogen (secondary N) is 2. The summed E-state index contributed by atoms with van der Waals surface area (Å²) in [5, 5.41) is 14.7. The van der Waals surface area contributed by atoms with Crippen molar-refractivity contribution in [1.82, 2.24) is 30.6 Å². The lowest BCUT2D eigenvalue weighted by Crippen LogP contribution is -2.25. The molecule has 2 aromatic carbocycles. The molecule has 0 saturated heterocycles. The molecule has 2 aliphatic rings. The molecule has 2 N–H and O–H groups in total. The fourth-order valence-electron chi connectivity index (χ4n) is 4.71. The maximum Gasteiger partial charge on any atom is 0.343 e. The van der Waals surface area contributed by atoms with E-state index in [2.05, 4.69) is 49.9 Å². The lowest BCUT2D eigenvalue weighted by molar-refractivity contribution is -0.161. The van der Waals surface area contributed by atoms with Crippen molar-refractivity contribution in [2.75, 3.05) is 6.79 Å². The van der Waals surface area contributed by atoms with Crippen molar-refractivity contribution in [3.05, 3.63) is 94.6 Å². The predicted molar refractivity (Wildman–Crippen MR) is 138 cm³/mol. The summed E-state index contributed by atoms with van der Waals surface area (Å²) >= 11 is 0. The summed E-state index contributed by atoms with van der Waals surface area (Å²) in [5.41, 5.74) is 5.84. The number of rotatable bonds is 6. The van der Waals surface area contributed by atoms with Crippen LogP contribution in [-0.2, 0) is 14.3 Å². The molecule has 190 valence electrons. The molecule has 38 heavy (non-hydrogen) atoms.